The van der Waals surface area contributed by atoms with E-state index in [1.807, 2.05) is 24.3 Å². The van der Waals surface area contributed by atoms with Gasteiger partial charge in [0.1, 0.15) is 17.6 Å². The Morgan fingerprint density at radius 1 is 1.21 bits per heavy atom. The standard InChI is InChI=1S/C14H12ClN3O/c1-10-4-2-3-5-11(10)9-19-18-14-8-12(15)6-7-13(14)16-17-18/h2-8H,9H2,1H3. The molecule has 0 saturated heterocycles. The lowest BCUT2D eigenvalue weighted by molar-refractivity contribution is 0.0749. The van der Waals surface area contributed by atoms with Crippen LogP contribution in [-0.4, -0.2) is 15.2 Å². The third-order valence-corrected chi connectivity index (χ3v) is 3.22. The van der Waals surface area contributed by atoms with Gasteiger partial charge in [0.25, 0.3) is 0 Å². The second-order valence-electron chi connectivity index (χ2n) is 4.30. The van der Waals surface area contributed by atoms with Gasteiger partial charge in [0.05, 0.1) is 0 Å². The van der Waals surface area contributed by atoms with Crippen LogP contribution in [-0.2, 0) is 6.61 Å². The molecule has 1 heterocycles. The van der Waals surface area contributed by atoms with E-state index in [2.05, 4.69) is 23.3 Å². The average Bonchev–Trinajstić information content (AvgIpc) is 2.80. The molecule has 0 bridgehead atoms. The second-order valence-corrected chi connectivity index (χ2v) is 4.73. The summed E-state index contributed by atoms with van der Waals surface area (Å²) in [5, 5.41) is 8.63. The highest BCUT2D eigenvalue weighted by atomic mass is 35.5. The van der Waals surface area contributed by atoms with Crippen molar-refractivity contribution in [3.63, 3.8) is 0 Å². The summed E-state index contributed by atoms with van der Waals surface area (Å²) in [6.45, 7) is 2.49. The highest BCUT2D eigenvalue weighted by molar-refractivity contribution is 6.31. The summed E-state index contributed by atoms with van der Waals surface area (Å²) in [6, 6.07) is 13.5. The lowest BCUT2D eigenvalue weighted by atomic mass is 10.1. The van der Waals surface area contributed by atoms with E-state index in [0.717, 1.165) is 16.6 Å². The lowest BCUT2D eigenvalue weighted by Gasteiger charge is -2.07. The summed E-state index contributed by atoms with van der Waals surface area (Å²) in [6.07, 6.45) is 0. The highest BCUT2D eigenvalue weighted by Crippen LogP contribution is 2.16. The van der Waals surface area contributed by atoms with Gasteiger partial charge in [-0.25, -0.2) is 0 Å². The number of fused-ring (bicyclic) bond motifs is 1. The van der Waals surface area contributed by atoms with Crippen LogP contribution in [0.3, 0.4) is 0 Å². The van der Waals surface area contributed by atoms with Crippen molar-refractivity contribution in [1.29, 1.82) is 0 Å². The zero-order valence-corrected chi connectivity index (χ0v) is 11.1. The molecule has 19 heavy (non-hydrogen) atoms. The maximum Gasteiger partial charge on any atom is 0.142 e. The maximum atomic E-state index is 5.97. The van der Waals surface area contributed by atoms with Crippen molar-refractivity contribution in [3.8, 4) is 0 Å². The zero-order valence-electron chi connectivity index (χ0n) is 10.4. The molecule has 0 aliphatic heterocycles. The predicted molar refractivity (Wildman–Crippen MR) is 74.0 cm³/mol. The molecule has 1 aromatic heterocycles. The van der Waals surface area contributed by atoms with Crippen LogP contribution >= 0.6 is 11.6 Å². The van der Waals surface area contributed by atoms with Gasteiger partial charge in [-0.05, 0) is 41.5 Å². The van der Waals surface area contributed by atoms with Crippen LogP contribution in [0.4, 0.5) is 0 Å². The molecule has 0 fully saturated rings. The topological polar surface area (TPSA) is 39.9 Å². The number of rotatable bonds is 3. The summed E-state index contributed by atoms with van der Waals surface area (Å²) in [7, 11) is 0. The Bertz CT molecular complexity index is 724. The molecule has 96 valence electrons. The number of benzene rings is 2. The molecule has 0 saturated carbocycles. The maximum absolute atomic E-state index is 5.97. The van der Waals surface area contributed by atoms with Crippen molar-refractivity contribution in [3.05, 3.63) is 58.6 Å². The van der Waals surface area contributed by atoms with Crippen molar-refractivity contribution in [2.24, 2.45) is 0 Å². The molecule has 3 rings (SSSR count). The molecule has 0 aliphatic rings. The molecule has 0 N–H and O–H groups in total. The minimum atomic E-state index is 0.442. The van der Waals surface area contributed by atoms with E-state index in [0.29, 0.717) is 11.6 Å². The van der Waals surface area contributed by atoms with Crippen LogP contribution in [0.15, 0.2) is 42.5 Å². The fourth-order valence-electron chi connectivity index (χ4n) is 1.87. The van der Waals surface area contributed by atoms with Crippen LogP contribution < -0.4 is 4.84 Å². The van der Waals surface area contributed by atoms with E-state index < -0.39 is 0 Å². The molecule has 0 radical (unpaired) electrons. The summed E-state index contributed by atoms with van der Waals surface area (Å²) in [4.78, 5) is 7.08. The molecule has 0 spiro atoms. The third-order valence-electron chi connectivity index (χ3n) is 2.98. The van der Waals surface area contributed by atoms with E-state index in [9.17, 15) is 0 Å². The molecule has 5 heteroatoms. The largest absolute Gasteiger partial charge is 0.390 e. The Hall–Kier alpha value is -2.07. The minimum absolute atomic E-state index is 0.442. The van der Waals surface area contributed by atoms with Crippen LogP contribution in [0.2, 0.25) is 5.02 Å². The van der Waals surface area contributed by atoms with Crippen molar-refractivity contribution in [1.82, 2.24) is 15.2 Å². The summed E-state index contributed by atoms with van der Waals surface area (Å²) in [5.41, 5.74) is 3.83. The number of nitrogens with zero attached hydrogens (tertiary/aromatic N) is 3. The van der Waals surface area contributed by atoms with Crippen LogP contribution in [0, 0.1) is 6.92 Å². The van der Waals surface area contributed by atoms with E-state index in [1.54, 1.807) is 12.1 Å². The van der Waals surface area contributed by atoms with Gasteiger partial charge in [0, 0.05) is 5.02 Å². The first kappa shape index (κ1) is 12.0. The van der Waals surface area contributed by atoms with E-state index in [-0.39, 0.29) is 0 Å². The fraction of sp³-hybridized carbons (Fsp3) is 0.143. The quantitative estimate of drug-likeness (QED) is 0.736. The summed E-state index contributed by atoms with van der Waals surface area (Å²) < 4.78 is 0. The third kappa shape index (κ3) is 2.39. The minimum Gasteiger partial charge on any atom is -0.390 e. The number of aryl methyl sites for hydroxylation is 1. The lowest BCUT2D eigenvalue weighted by Crippen LogP contribution is -2.13. The van der Waals surface area contributed by atoms with Crippen LogP contribution in [0.1, 0.15) is 11.1 Å². The Morgan fingerprint density at radius 3 is 2.89 bits per heavy atom. The Morgan fingerprint density at radius 2 is 2.05 bits per heavy atom. The molecule has 3 aromatic rings. The van der Waals surface area contributed by atoms with Gasteiger partial charge in [-0.1, -0.05) is 40.7 Å². The molecule has 0 unspecified atom stereocenters. The number of hydrogen-bond acceptors (Lipinski definition) is 3. The van der Waals surface area contributed by atoms with Gasteiger partial charge in [0.2, 0.25) is 0 Å². The molecule has 0 atom stereocenters. The first-order valence-electron chi connectivity index (χ1n) is 5.93. The Kier molecular flexibility index (Phi) is 3.09. The van der Waals surface area contributed by atoms with Crippen molar-refractivity contribution < 1.29 is 4.84 Å². The SMILES string of the molecule is Cc1ccccc1COn1nnc2ccc(Cl)cc21. The molecule has 2 aromatic carbocycles. The molecule has 0 amide bonds. The highest BCUT2D eigenvalue weighted by Gasteiger charge is 2.06. The van der Waals surface area contributed by atoms with Gasteiger partial charge in [-0.15, -0.1) is 5.10 Å². The number of aromatic nitrogens is 3. The van der Waals surface area contributed by atoms with Gasteiger partial charge in [-0.3, -0.25) is 0 Å². The predicted octanol–water partition coefficient (Wildman–Crippen LogP) is 3.02. The average molecular weight is 274 g/mol. The van der Waals surface area contributed by atoms with E-state index >= 15 is 0 Å². The van der Waals surface area contributed by atoms with Gasteiger partial charge in [-0.2, -0.15) is 0 Å². The van der Waals surface area contributed by atoms with Gasteiger partial charge in [0.15, 0.2) is 0 Å². The zero-order chi connectivity index (χ0) is 13.2. The Balaban J connectivity index is 1.86. The smallest absolute Gasteiger partial charge is 0.142 e. The molecule has 0 aliphatic carbocycles. The molecule has 4 nitrogen and oxygen atoms in total. The summed E-state index contributed by atoms with van der Waals surface area (Å²) in [5.74, 6) is 0. The first-order chi connectivity index (χ1) is 9.24. The monoisotopic (exact) mass is 273 g/mol. The van der Waals surface area contributed by atoms with Crippen molar-refractivity contribution in [2.45, 2.75) is 13.5 Å². The van der Waals surface area contributed by atoms with E-state index in [4.69, 9.17) is 16.4 Å². The van der Waals surface area contributed by atoms with Gasteiger partial charge < -0.3 is 4.84 Å². The van der Waals surface area contributed by atoms with Gasteiger partial charge >= 0.3 is 0 Å². The molecular formula is C14H12ClN3O. The second kappa shape index (κ2) is 4.90. The molecular weight excluding hydrogens is 262 g/mol. The Labute approximate surface area is 115 Å². The van der Waals surface area contributed by atoms with Crippen molar-refractivity contribution >= 4 is 22.6 Å². The van der Waals surface area contributed by atoms with Crippen molar-refractivity contribution in [2.75, 3.05) is 0 Å². The first-order valence-corrected chi connectivity index (χ1v) is 6.30. The normalized spacial score (nSPS) is 10.8. The van der Waals surface area contributed by atoms with E-state index in [1.165, 1.54) is 10.4 Å². The number of halogens is 1. The summed E-state index contributed by atoms with van der Waals surface area (Å²) >= 11 is 5.97. The number of hydrogen-bond donors (Lipinski definition) is 0. The van der Waals surface area contributed by atoms with Crippen LogP contribution in [0.5, 0.6) is 0 Å². The fourth-order valence-corrected chi connectivity index (χ4v) is 2.04. The van der Waals surface area contributed by atoms with Crippen LogP contribution in [0.25, 0.3) is 11.0 Å².